The van der Waals surface area contributed by atoms with E-state index in [-0.39, 0.29) is 11.9 Å². The van der Waals surface area contributed by atoms with Crippen molar-refractivity contribution in [3.05, 3.63) is 60.8 Å². The minimum Gasteiger partial charge on any atom is -0.506 e. The van der Waals surface area contributed by atoms with Gasteiger partial charge in [-0.15, -0.1) is 0 Å². The van der Waals surface area contributed by atoms with E-state index in [1.54, 1.807) is 18.2 Å². The van der Waals surface area contributed by atoms with E-state index in [0.717, 1.165) is 17.2 Å². The number of anilines is 1. The molecule has 0 spiro atoms. The molecule has 1 heterocycles. The zero-order chi connectivity index (χ0) is 14.7. The molecule has 3 rings (SSSR count). The highest BCUT2D eigenvalue weighted by molar-refractivity contribution is 5.80. The Morgan fingerprint density at radius 2 is 1.86 bits per heavy atom. The first-order valence-electron chi connectivity index (χ1n) is 6.83. The maximum absolute atomic E-state index is 11.0. The smallest absolute Gasteiger partial charge is 0.138 e. The van der Waals surface area contributed by atoms with Gasteiger partial charge in [-0.05, 0) is 29.7 Å². The highest BCUT2D eigenvalue weighted by Gasteiger charge is 2.14. The third-order valence-electron chi connectivity index (χ3n) is 3.51. The molecule has 0 radical (unpaired) electrons. The van der Waals surface area contributed by atoms with Crippen LogP contribution in [0.5, 0.6) is 5.75 Å². The van der Waals surface area contributed by atoms with Crippen molar-refractivity contribution in [3.63, 3.8) is 0 Å². The number of hydrogen-bond donors (Lipinski definition) is 2. The first-order chi connectivity index (χ1) is 10.3. The van der Waals surface area contributed by atoms with Crippen molar-refractivity contribution in [1.82, 2.24) is 4.57 Å². The lowest BCUT2D eigenvalue weighted by molar-refractivity contribution is -0.108. The molecular weight excluding hydrogens is 264 g/mol. The number of aldehydes is 1. The van der Waals surface area contributed by atoms with Crippen LogP contribution in [0.1, 0.15) is 12.6 Å². The predicted molar refractivity (Wildman–Crippen MR) is 83.4 cm³/mol. The summed E-state index contributed by atoms with van der Waals surface area (Å²) in [6.07, 6.45) is 2.90. The van der Waals surface area contributed by atoms with Gasteiger partial charge >= 0.3 is 0 Å². The lowest BCUT2D eigenvalue weighted by Crippen LogP contribution is -2.18. The van der Waals surface area contributed by atoms with Gasteiger partial charge in [0.05, 0.1) is 5.69 Å². The molecule has 0 aliphatic carbocycles. The molecule has 0 aliphatic heterocycles. The molecule has 21 heavy (non-hydrogen) atoms. The number of phenolic OH excluding ortho intramolecular Hbond substituents is 1. The maximum Gasteiger partial charge on any atom is 0.138 e. The Balaban J connectivity index is 1.98. The number of rotatable bonds is 5. The van der Waals surface area contributed by atoms with Crippen LogP contribution < -0.4 is 5.32 Å². The monoisotopic (exact) mass is 280 g/mol. The van der Waals surface area contributed by atoms with E-state index in [1.165, 1.54) is 0 Å². The number of aromatic hydroxyl groups is 1. The Kier molecular flexibility index (Phi) is 3.60. The van der Waals surface area contributed by atoms with E-state index < -0.39 is 0 Å². The van der Waals surface area contributed by atoms with Gasteiger partial charge in [0.25, 0.3) is 0 Å². The summed E-state index contributed by atoms with van der Waals surface area (Å²) in [5.41, 5.74) is 1.66. The quantitative estimate of drug-likeness (QED) is 0.555. The van der Waals surface area contributed by atoms with Gasteiger partial charge in [-0.25, -0.2) is 0 Å². The summed E-state index contributed by atoms with van der Waals surface area (Å²) in [6.45, 7) is 0. The average molecular weight is 280 g/mol. The molecule has 1 aromatic heterocycles. The first kappa shape index (κ1) is 13.2. The van der Waals surface area contributed by atoms with Crippen molar-refractivity contribution in [3.8, 4) is 5.75 Å². The molecule has 1 atom stereocenters. The number of carbonyl (C=O) groups excluding carboxylic acids is 1. The minimum atomic E-state index is -0.240. The van der Waals surface area contributed by atoms with Gasteiger partial charge in [-0.1, -0.05) is 30.3 Å². The Labute approximate surface area is 122 Å². The summed E-state index contributed by atoms with van der Waals surface area (Å²) in [6, 6.07) is 17.0. The number of fused-ring (bicyclic) bond motifs is 1. The summed E-state index contributed by atoms with van der Waals surface area (Å²) in [7, 11) is 0. The molecule has 2 N–H and O–H groups in total. The van der Waals surface area contributed by atoms with Crippen LogP contribution in [0.3, 0.4) is 0 Å². The molecule has 4 heteroatoms. The van der Waals surface area contributed by atoms with Crippen LogP contribution in [0.4, 0.5) is 5.69 Å². The molecule has 0 fully saturated rings. The second-order valence-electron chi connectivity index (χ2n) is 4.86. The molecule has 0 aliphatic rings. The fraction of sp³-hybridized carbons (Fsp3) is 0.118. The zero-order valence-electron chi connectivity index (χ0n) is 11.4. The Bertz CT molecular complexity index is 764. The van der Waals surface area contributed by atoms with Crippen LogP contribution in [0.2, 0.25) is 0 Å². The van der Waals surface area contributed by atoms with Crippen LogP contribution in [0.15, 0.2) is 60.8 Å². The van der Waals surface area contributed by atoms with Crippen molar-refractivity contribution in [1.29, 1.82) is 0 Å². The molecule has 0 amide bonds. The number of benzene rings is 2. The molecule has 0 saturated heterocycles. The van der Waals surface area contributed by atoms with Gasteiger partial charge in [0.15, 0.2) is 0 Å². The Morgan fingerprint density at radius 3 is 2.67 bits per heavy atom. The van der Waals surface area contributed by atoms with Crippen molar-refractivity contribution >= 4 is 22.9 Å². The number of nitrogens with one attached hydrogen (secondary N) is 1. The molecule has 4 nitrogen and oxygen atoms in total. The number of nitrogens with zero attached hydrogens (tertiary/aromatic N) is 1. The van der Waals surface area contributed by atoms with Crippen LogP contribution in [-0.4, -0.2) is 16.0 Å². The number of aromatic nitrogens is 1. The standard InChI is InChI=1S/C17H16N2O2/c20-12-10-17(18-14-6-2-4-8-16(14)21)19-11-9-13-5-1-3-7-15(13)19/h1-9,11-12,17-18,21H,10H2. The van der Waals surface area contributed by atoms with E-state index in [2.05, 4.69) is 5.32 Å². The van der Waals surface area contributed by atoms with Gasteiger partial charge in [-0.3, -0.25) is 0 Å². The molecule has 2 aromatic carbocycles. The SMILES string of the molecule is O=CCC(Nc1ccccc1O)n1ccc2ccccc21. The van der Waals surface area contributed by atoms with Gasteiger partial charge in [0, 0.05) is 18.1 Å². The van der Waals surface area contributed by atoms with E-state index in [4.69, 9.17) is 0 Å². The number of hydrogen-bond acceptors (Lipinski definition) is 3. The van der Waals surface area contributed by atoms with E-state index in [9.17, 15) is 9.90 Å². The summed E-state index contributed by atoms with van der Waals surface area (Å²) >= 11 is 0. The molecule has 0 saturated carbocycles. The van der Waals surface area contributed by atoms with Crippen molar-refractivity contribution in [2.45, 2.75) is 12.6 Å². The molecule has 106 valence electrons. The van der Waals surface area contributed by atoms with Crippen LogP contribution in [0.25, 0.3) is 10.9 Å². The maximum atomic E-state index is 11.0. The largest absolute Gasteiger partial charge is 0.506 e. The van der Waals surface area contributed by atoms with Gasteiger partial charge < -0.3 is 19.8 Å². The topological polar surface area (TPSA) is 54.3 Å². The second-order valence-corrected chi connectivity index (χ2v) is 4.86. The molecular formula is C17H16N2O2. The van der Waals surface area contributed by atoms with Crippen molar-refractivity contribution in [2.75, 3.05) is 5.32 Å². The van der Waals surface area contributed by atoms with Crippen LogP contribution in [0, 0.1) is 0 Å². The minimum absolute atomic E-state index is 0.171. The molecule has 0 bridgehead atoms. The molecule has 1 unspecified atom stereocenters. The molecule has 3 aromatic rings. The van der Waals surface area contributed by atoms with Crippen LogP contribution in [-0.2, 0) is 4.79 Å². The number of phenols is 1. The number of carbonyl (C=O) groups is 1. The third kappa shape index (κ3) is 2.60. The van der Waals surface area contributed by atoms with Gasteiger partial charge in [-0.2, -0.15) is 0 Å². The predicted octanol–water partition coefficient (Wildman–Crippen LogP) is 3.55. The summed E-state index contributed by atoms with van der Waals surface area (Å²) < 4.78 is 2.01. The number of para-hydroxylation sites is 3. The normalized spacial score (nSPS) is 12.2. The van der Waals surface area contributed by atoms with E-state index in [0.29, 0.717) is 12.1 Å². The second kappa shape index (κ2) is 5.71. The third-order valence-corrected chi connectivity index (χ3v) is 3.51. The van der Waals surface area contributed by atoms with E-state index in [1.807, 2.05) is 47.2 Å². The summed E-state index contributed by atoms with van der Waals surface area (Å²) in [5.74, 6) is 0.171. The fourth-order valence-electron chi connectivity index (χ4n) is 2.48. The summed E-state index contributed by atoms with van der Waals surface area (Å²) in [5, 5.41) is 14.2. The van der Waals surface area contributed by atoms with Crippen molar-refractivity contribution < 1.29 is 9.90 Å². The Morgan fingerprint density at radius 1 is 1.10 bits per heavy atom. The van der Waals surface area contributed by atoms with Gasteiger partial charge in [0.2, 0.25) is 0 Å². The zero-order valence-corrected chi connectivity index (χ0v) is 11.4. The van der Waals surface area contributed by atoms with Crippen molar-refractivity contribution in [2.24, 2.45) is 0 Å². The lowest BCUT2D eigenvalue weighted by atomic mass is 10.2. The fourth-order valence-corrected chi connectivity index (χ4v) is 2.48. The highest BCUT2D eigenvalue weighted by Crippen LogP contribution is 2.28. The van der Waals surface area contributed by atoms with E-state index >= 15 is 0 Å². The Hall–Kier alpha value is -2.75. The van der Waals surface area contributed by atoms with Crippen LogP contribution >= 0.6 is 0 Å². The highest BCUT2D eigenvalue weighted by atomic mass is 16.3. The van der Waals surface area contributed by atoms with Gasteiger partial charge in [0.1, 0.15) is 18.2 Å². The lowest BCUT2D eigenvalue weighted by Gasteiger charge is -2.21. The summed E-state index contributed by atoms with van der Waals surface area (Å²) in [4.78, 5) is 11.0. The average Bonchev–Trinajstić information content (AvgIpc) is 2.93. The first-order valence-corrected chi connectivity index (χ1v) is 6.83.